The second kappa shape index (κ2) is 8.97. The second-order valence-corrected chi connectivity index (χ2v) is 7.40. The van der Waals surface area contributed by atoms with E-state index < -0.39 is 0 Å². The number of ether oxygens (including phenoxy) is 1. The molecule has 0 radical (unpaired) electrons. The van der Waals surface area contributed by atoms with Crippen molar-refractivity contribution in [1.29, 1.82) is 0 Å². The molecule has 1 aliphatic rings. The molecule has 29 heavy (non-hydrogen) atoms. The zero-order valence-corrected chi connectivity index (χ0v) is 16.6. The van der Waals surface area contributed by atoms with Crippen LogP contribution in [0.2, 0.25) is 0 Å². The average molecular weight is 387 g/mol. The largest absolute Gasteiger partial charge is 0.375 e. The number of carbonyl (C=O) groups is 1. The van der Waals surface area contributed by atoms with Crippen LogP contribution in [0.3, 0.4) is 0 Å². The monoisotopic (exact) mass is 387 g/mol. The first-order valence-corrected chi connectivity index (χ1v) is 10.00. The van der Waals surface area contributed by atoms with Crippen molar-refractivity contribution in [2.45, 2.75) is 25.4 Å². The molecule has 0 bridgehead atoms. The lowest BCUT2D eigenvalue weighted by molar-refractivity contribution is -0.0266. The number of nitrogens with zero attached hydrogens (tertiary/aromatic N) is 3. The normalized spacial score (nSPS) is 16.8. The van der Waals surface area contributed by atoms with E-state index in [1.807, 2.05) is 24.0 Å². The van der Waals surface area contributed by atoms with Gasteiger partial charge in [-0.2, -0.15) is 0 Å². The molecule has 148 valence electrons. The molecule has 2 heterocycles. The number of rotatable bonds is 5. The maximum absolute atomic E-state index is 12.9. The van der Waals surface area contributed by atoms with Crippen molar-refractivity contribution in [2.24, 2.45) is 0 Å². The van der Waals surface area contributed by atoms with Gasteiger partial charge in [-0.15, -0.1) is 0 Å². The maximum atomic E-state index is 12.9. The topological polar surface area (TPSA) is 55.3 Å². The Hall–Kier alpha value is -3.05. The molecule has 0 spiro atoms. The van der Waals surface area contributed by atoms with Gasteiger partial charge in [0.05, 0.1) is 24.6 Å². The predicted octanol–water partition coefficient (Wildman–Crippen LogP) is 3.85. The molecular weight excluding hydrogens is 362 g/mol. The number of carbonyl (C=O) groups excluding carboxylic acids is 1. The van der Waals surface area contributed by atoms with Gasteiger partial charge < -0.3 is 9.64 Å². The van der Waals surface area contributed by atoms with Crippen LogP contribution in [-0.4, -0.2) is 46.6 Å². The van der Waals surface area contributed by atoms with Gasteiger partial charge in [0.1, 0.15) is 5.69 Å². The van der Waals surface area contributed by atoms with Crippen LogP contribution in [0.5, 0.6) is 0 Å². The summed E-state index contributed by atoms with van der Waals surface area (Å²) in [4.78, 5) is 23.1. The number of aromatic nitrogens is 2. The standard InChI is InChI=1S/C24H25N3O2/c1-18-15-26-23(16-25-18)24(28)27-12-13-29-21(17-27)14-22(19-8-4-2-5-9-19)20-10-6-3-7-11-20/h2-11,15-16,21-22H,12-14,17H2,1H3. The van der Waals surface area contributed by atoms with Crippen molar-refractivity contribution >= 4 is 5.91 Å². The minimum atomic E-state index is -0.0817. The Kier molecular flexibility index (Phi) is 5.96. The highest BCUT2D eigenvalue weighted by Crippen LogP contribution is 2.31. The first kappa shape index (κ1) is 19.3. The number of benzene rings is 2. The Morgan fingerprint density at radius 3 is 2.28 bits per heavy atom. The van der Waals surface area contributed by atoms with Gasteiger partial charge in [-0.05, 0) is 24.5 Å². The minimum absolute atomic E-state index is 0.0310. The molecule has 4 rings (SSSR count). The van der Waals surface area contributed by atoms with Gasteiger partial charge in [0.2, 0.25) is 0 Å². The van der Waals surface area contributed by atoms with Crippen LogP contribution in [0.15, 0.2) is 73.1 Å². The quantitative estimate of drug-likeness (QED) is 0.667. The van der Waals surface area contributed by atoms with Crippen molar-refractivity contribution in [2.75, 3.05) is 19.7 Å². The molecule has 1 fully saturated rings. The van der Waals surface area contributed by atoms with Crippen LogP contribution >= 0.6 is 0 Å². The van der Waals surface area contributed by atoms with E-state index in [9.17, 15) is 4.79 Å². The van der Waals surface area contributed by atoms with Crippen LogP contribution in [-0.2, 0) is 4.74 Å². The highest BCUT2D eigenvalue weighted by molar-refractivity contribution is 5.92. The van der Waals surface area contributed by atoms with Crippen LogP contribution in [0.4, 0.5) is 0 Å². The Morgan fingerprint density at radius 2 is 1.69 bits per heavy atom. The first-order chi connectivity index (χ1) is 14.2. The van der Waals surface area contributed by atoms with Crippen molar-refractivity contribution < 1.29 is 9.53 Å². The van der Waals surface area contributed by atoms with Crippen LogP contribution in [0, 0.1) is 6.92 Å². The van der Waals surface area contributed by atoms with E-state index in [0.29, 0.717) is 25.4 Å². The lowest BCUT2D eigenvalue weighted by Crippen LogP contribution is -2.46. The summed E-state index contributed by atoms with van der Waals surface area (Å²) < 4.78 is 6.06. The maximum Gasteiger partial charge on any atom is 0.274 e. The third-order valence-corrected chi connectivity index (χ3v) is 5.33. The molecule has 1 unspecified atom stereocenters. The number of morpholine rings is 1. The Labute approximate surface area is 171 Å². The fourth-order valence-electron chi connectivity index (χ4n) is 3.81. The van der Waals surface area contributed by atoms with E-state index >= 15 is 0 Å². The molecule has 5 heteroatoms. The summed E-state index contributed by atoms with van der Waals surface area (Å²) in [6.45, 7) is 3.53. The summed E-state index contributed by atoms with van der Waals surface area (Å²) >= 11 is 0. The zero-order valence-electron chi connectivity index (χ0n) is 16.6. The highest BCUT2D eigenvalue weighted by Gasteiger charge is 2.29. The summed E-state index contributed by atoms with van der Waals surface area (Å²) in [5, 5.41) is 0. The van der Waals surface area contributed by atoms with Crippen LogP contribution in [0.25, 0.3) is 0 Å². The molecule has 1 amide bonds. The van der Waals surface area contributed by atoms with E-state index in [0.717, 1.165) is 12.1 Å². The lowest BCUT2D eigenvalue weighted by Gasteiger charge is -2.34. The molecule has 5 nitrogen and oxygen atoms in total. The molecule has 1 aliphatic heterocycles. The third-order valence-electron chi connectivity index (χ3n) is 5.33. The number of hydrogen-bond acceptors (Lipinski definition) is 4. The molecule has 1 saturated heterocycles. The lowest BCUT2D eigenvalue weighted by atomic mass is 9.86. The van der Waals surface area contributed by atoms with E-state index in [-0.39, 0.29) is 17.9 Å². The summed E-state index contributed by atoms with van der Waals surface area (Å²) in [6, 6.07) is 21.0. The van der Waals surface area contributed by atoms with Crippen LogP contribution in [0.1, 0.15) is 39.6 Å². The van der Waals surface area contributed by atoms with Crippen molar-refractivity contribution in [1.82, 2.24) is 14.9 Å². The van der Waals surface area contributed by atoms with Gasteiger partial charge >= 0.3 is 0 Å². The molecule has 1 atom stereocenters. The zero-order chi connectivity index (χ0) is 20.1. The fourth-order valence-corrected chi connectivity index (χ4v) is 3.81. The number of amides is 1. The second-order valence-electron chi connectivity index (χ2n) is 7.40. The summed E-state index contributed by atoms with van der Waals surface area (Å²) in [5.41, 5.74) is 3.71. The average Bonchev–Trinajstić information content (AvgIpc) is 2.79. The minimum Gasteiger partial charge on any atom is -0.375 e. The molecule has 0 N–H and O–H groups in total. The molecule has 0 saturated carbocycles. The number of hydrogen-bond donors (Lipinski definition) is 0. The van der Waals surface area contributed by atoms with E-state index in [1.54, 1.807) is 12.4 Å². The van der Waals surface area contributed by atoms with Gasteiger partial charge in [0.25, 0.3) is 5.91 Å². The Bertz CT molecular complexity index is 890. The SMILES string of the molecule is Cc1cnc(C(=O)N2CCOC(CC(c3ccccc3)c3ccccc3)C2)cn1. The fraction of sp³-hybridized carbons (Fsp3) is 0.292. The van der Waals surface area contributed by atoms with Crippen molar-refractivity contribution in [3.8, 4) is 0 Å². The highest BCUT2D eigenvalue weighted by atomic mass is 16.5. The summed E-state index contributed by atoms with van der Waals surface area (Å²) in [6.07, 6.45) is 3.97. The predicted molar refractivity (Wildman–Crippen MR) is 112 cm³/mol. The molecule has 2 aromatic carbocycles. The van der Waals surface area contributed by atoms with Gasteiger partial charge in [0.15, 0.2) is 0 Å². The van der Waals surface area contributed by atoms with Crippen LogP contribution < -0.4 is 0 Å². The van der Waals surface area contributed by atoms with Gasteiger partial charge in [-0.25, -0.2) is 4.98 Å². The third kappa shape index (κ3) is 4.69. The Balaban J connectivity index is 1.51. The first-order valence-electron chi connectivity index (χ1n) is 10.00. The molecule has 1 aromatic heterocycles. The molecule has 3 aromatic rings. The van der Waals surface area contributed by atoms with E-state index in [4.69, 9.17) is 4.74 Å². The molecular formula is C24H25N3O2. The Morgan fingerprint density at radius 1 is 1.03 bits per heavy atom. The summed E-state index contributed by atoms with van der Waals surface area (Å²) in [5.74, 6) is 0.137. The van der Waals surface area contributed by atoms with Crippen molar-refractivity contribution in [3.05, 3.63) is 95.6 Å². The van der Waals surface area contributed by atoms with Gasteiger partial charge in [-0.1, -0.05) is 60.7 Å². The van der Waals surface area contributed by atoms with Gasteiger partial charge in [-0.3, -0.25) is 9.78 Å². The van der Waals surface area contributed by atoms with Gasteiger partial charge in [0, 0.05) is 25.2 Å². The van der Waals surface area contributed by atoms with E-state index in [2.05, 4.69) is 58.5 Å². The van der Waals surface area contributed by atoms with E-state index in [1.165, 1.54) is 11.1 Å². The number of aryl methyl sites for hydroxylation is 1. The summed E-state index contributed by atoms with van der Waals surface area (Å²) in [7, 11) is 0. The van der Waals surface area contributed by atoms with Crippen molar-refractivity contribution in [3.63, 3.8) is 0 Å². The smallest absolute Gasteiger partial charge is 0.274 e. The molecule has 0 aliphatic carbocycles.